The Morgan fingerprint density at radius 1 is 1.40 bits per heavy atom. The average molecular weight is 278 g/mol. The zero-order valence-electron chi connectivity index (χ0n) is 12.3. The maximum absolute atomic E-state index is 9.27. The van der Waals surface area contributed by atoms with Gasteiger partial charge in [-0.3, -0.25) is 4.90 Å². The van der Waals surface area contributed by atoms with Crippen LogP contribution in [0.5, 0.6) is 5.75 Å². The molecule has 112 valence electrons. The summed E-state index contributed by atoms with van der Waals surface area (Å²) in [5.41, 5.74) is 1.20. The number of nitrogens with one attached hydrogen (secondary N) is 1. The first-order chi connectivity index (χ1) is 9.83. The summed E-state index contributed by atoms with van der Waals surface area (Å²) in [4.78, 5) is 2.31. The molecule has 4 nitrogen and oxygen atoms in total. The van der Waals surface area contributed by atoms with Gasteiger partial charge in [-0.1, -0.05) is 18.2 Å². The Morgan fingerprint density at radius 2 is 2.25 bits per heavy atom. The summed E-state index contributed by atoms with van der Waals surface area (Å²) in [5.74, 6) is 0.956. The van der Waals surface area contributed by atoms with Crippen LogP contribution in [-0.4, -0.2) is 48.9 Å². The summed E-state index contributed by atoms with van der Waals surface area (Å²) in [7, 11) is 0. The van der Waals surface area contributed by atoms with Crippen LogP contribution in [0.1, 0.15) is 25.3 Å². The zero-order chi connectivity index (χ0) is 14.2. The lowest BCUT2D eigenvalue weighted by Crippen LogP contribution is -2.38. The van der Waals surface area contributed by atoms with Crippen LogP contribution in [0.25, 0.3) is 0 Å². The first-order valence-electron chi connectivity index (χ1n) is 7.60. The quantitative estimate of drug-likeness (QED) is 0.759. The molecule has 0 spiro atoms. The van der Waals surface area contributed by atoms with Crippen molar-refractivity contribution >= 4 is 0 Å². The number of benzene rings is 1. The van der Waals surface area contributed by atoms with Gasteiger partial charge in [0, 0.05) is 31.2 Å². The second-order valence-electron chi connectivity index (χ2n) is 5.29. The fourth-order valence-electron chi connectivity index (χ4n) is 2.77. The smallest absolute Gasteiger partial charge is 0.123 e. The maximum atomic E-state index is 9.27. The topological polar surface area (TPSA) is 44.7 Å². The summed E-state index contributed by atoms with van der Waals surface area (Å²) >= 11 is 0. The fraction of sp³-hybridized carbons (Fsp3) is 0.625. The van der Waals surface area contributed by atoms with E-state index >= 15 is 0 Å². The Hall–Kier alpha value is -1.10. The van der Waals surface area contributed by atoms with Crippen LogP contribution in [0.2, 0.25) is 0 Å². The van der Waals surface area contributed by atoms with E-state index in [0.29, 0.717) is 19.2 Å². The van der Waals surface area contributed by atoms with Gasteiger partial charge in [0.2, 0.25) is 0 Å². The normalized spacial score (nSPS) is 18.6. The number of hydrogen-bond acceptors (Lipinski definition) is 4. The average Bonchev–Trinajstić information content (AvgIpc) is 2.94. The number of nitrogens with zero attached hydrogens (tertiary/aromatic N) is 1. The van der Waals surface area contributed by atoms with Crippen LogP contribution >= 0.6 is 0 Å². The van der Waals surface area contributed by atoms with E-state index < -0.39 is 0 Å². The highest BCUT2D eigenvalue weighted by Gasteiger charge is 2.18. The molecule has 20 heavy (non-hydrogen) atoms. The summed E-state index contributed by atoms with van der Waals surface area (Å²) in [6, 6.07) is 8.73. The van der Waals surface area contributed by atoms with Crippen molar-refractivity contribution < 1.29 is 9.84 Å². The molecule has 1 unspecified atom stereocenters. The molecule has 1 saturated heterocycles. The molecular formula is C16H26N2O2. The number of hydrogen-bond donors (Lipinski definition) is 2. The highest BCUT2D eigenvalue weighted by molar-refractivity contribution is 5.33. The molecule has 1 fully saturated rings. The fourth-order valence-corrected chi connectivity index (χ4v) is 2.77. The van der Waals surface area contributed by atoms with Crippen LogP contribution in [0.3, 0.4) is 0 Å². The third-order valence-electron chi connectivity index (χ3n) is 3.72. The summed E-state index contributed by atoms with van der Waals surface area (Å²) in [6.07, 6.45) is 2.49. The minimum Gasteiger partial charge on any atom is -0.494 e. The lowest BCUT2D eigenvalue weighted by Gasteiger charge is -2.25. The van der Waals surface area contributed by atoms with Crippen molar-refractivity contribution in [1.82, 2.24) is 10.2 Å². The molecule has 0 bridgehead atoms. The Morgan fingerprint density at radius 3 is 2.95 bits per heavy atom. The second-order valence-corrected chi connectivity index (χ2v) is 5.29. The van der Waals surface area contributed by atoms with E-state index in [4.69, 9.17) is 4.74 Å². The van der Waals surface area contributed by atoms with Gasteiger partial charge >= 0.3 is 0 Å². The number of para-hydroxylation sites is 1. The van der Waals surface area contributed by atoms with Crippen LogP contribution < -0.4 is 10.1 Å². The lowest BCUT2D eigenvalue weighted by atomic mass is 10.1. The van der Waals surface area contributed by atoms with Crippen molar-refractivity contribution in [3.8, 4) is 5.75 Å². The molecule has 1 atom stereocenters. The van der Waals surface area contributed by atoms with Gasteiger partial charge in [-0.25, -0.2) is 0 Å². The van der Waals surface area contributed by atoms with Crippen molar-refractivity contribution in [2.75, 3.05) is 32.8 Å². The SMILES string of the molecule is CCOc1ccccc1CN(CCO)CC1CCCN1. The largest absolute Gasteiger partial charge is 0.494 e. The zero-order valence-corrected chi connectivity index (χ0v) is 12.3. The molecule has 2 N–H and O–H groups in total. The van der Waals surface area contributed by atoms with Crippen LogP contribution in [0.15, 0.2) is 24.3 Å². The lowest BCUT2D eigenvalue weighted by molar-refractivity contribution is 0.177. The second kappa shape index (κ2) is 8.25. The van der Waals surface area contributed by atoms with Gasteiger partial charge in [-0.05, 0) is 32.4 Å². The van der Waals surface area contributed by atoms with Crippen molar-refractivity contribution in [3.63, 3.8) is 0 Å². The molecule has 0 amide bonds. The number of rotatable bonds is 8. The van der Waals surface area contributed by atoms with Crippen LogP contribution in [-0.2, 0) is 6.54 Å². The van der Waals surface area contributed by atoms with Crippen molar-refractivity contribution in [1.29, 1.82) is 0 Å². The van der Waals surface area contributed by atoms with E-state index in [9.17, 15) is 5.11 Å². The molecule has 1 aliphatic heterocycles. The maximum Gasteiger partial charge on any atom is 0.123 e. The van der Waals surface area contributed by atoms with E-state index in [1.165, 1.54) is 18.4 Å². The van der Waals surface area contributed by atoms with Crippen LogP contribution in [0.4, 0.5) is 0 Å². The molecule has 1 heterocycles. The predicted molar refractivity (Wildman–Crippen MR) is 81.0 cm³/mol. The molecule has 2 rings (SSSR count). The first-order valence-corrected chi connectivity index (χ1v) is 7.60. The van der Waals surface area contributed by atoms with E-state index in [1.54, 1.807) is 0 Å². The Bertz CT molecular complexity index is 392. The van der Waals surface area contributed by atoms with Gasteiger partial charge < -0.3 is 15.2 Å². The van der Waals surface area contributed by atoms with Gasteiger partial charge in [0.25, 0.3) is 0 Å². The monoisotopic (exact) mass is 278 g/mol. The van der Waals surface area contributed by atoms with Gasteiger partial charge in [-0.15, -0.1) is 0 Å². The predicted octanol–water partition coefficient (Wildman–Crippen LogP) is 1.63. The molecule has 4 heteroatoms. The number of aliphatic hydroxyl groups excluding tert-OH is 1. The molecule has 0 saturated carbocycles. The first kappa shape index (κ1) is 15.3. The molecule has 1 aromatic rings. The van der Waals surface area contributed by atoms with E-state index in [-0.39, 0.29) is 6.61 Å². The van der Waals surface area contributed by atoms with Gasteiger partial charge in [0.05, 0.1) is 13.2 Å². The van der Waals surface area contributed by atoms with E-state index in [2.05, 4.69) is 16.3 Å². The van der Waals surface area contributed by atoms with E-state index in [1.807, 2.05) is 25.1 Å². The molecule has 1 aliphatic rings. The Kier molecular flexibility index (Phi) is 6.30. The Labute approximate surface area is 121 Å². The third kappa shape index (κ3) is 4.47. The standard InChI is InChI=1S/C16H26N2O2/c1-2-20-16-8-4-3-6-14(16)12-18(10-11-19)13-15-7-5-9-17-15/h3-4,6,8,15,17,19H,2,5,7,9-13H2,1H3. The highest BCUT2D eigenvalue weighted by Crippen LogP contribution is 2.20. The van der Waals surface area contributed by atoms with E-state index in [0.717, 1.165) is 25.4 Å². The van der Waals surface area contributed by atoms with Crippen molar-refractivity contribution in [3.05, 3.63) is 29.8 Å². The van der Waals surface area contributed by atoms with Gasteiger partial charge in [0.1, 0.15) is 5.75 Å². The highest BCUT2D eigenvalue weighted by atomic mass is 16.5. The molecule has 0 aliphatic carbocycles. The number of ether oxygens (including phenoxy) is 1. The molecular weight excluding hydrogens is 252 g/mol. The minimum atomic E-state index is 0.198. The molecule has 1 aromatic carbocycles. The molecule has 0 radical (unpaired) electrons. The Balaban J connectivity index is 1.99. The minimum absolute atomic E-state index is 0.198. The van der Waals surface area contributed by atoms with Gasteiger partial charge in [-0.2, -0.15) is 0 Å². The third-order valence-corrected chi connectivity index (χ3v) is 3.72. The van der Waals surface area contributed by atoms with Crippen molar-refractivity contribution in [2.24, 2.45) is 0 Å². The molecule has 0 aromatic heterocycles. The summed E-state index contributed by atoms with van der Waals surface area (Å²) in [5, 5.41) is 12.8. The number of aliphatic hydroxyl groups is 1. The van der Waals surface area contributed by atoms with Gasteiger partial charge in [0.15, 0.2) is 0 Å². The van der Waals surface area contributed by atoms with Crippen LogP contribution in [0, 0.1) is 0 Å². The van der Waals surface area contributed by atoms with Crippen molar-refractivity contribution in [2.45, 2.75) is 32.4 Å². The summed E-state index contributed by atoms with van der Waals surface area (Å²) < 4.78 is 5.68. The summed E-state index contributed by atoms with van der Waals surface area (Å²) in [6.45, 7) is 6.52.